The molecule has 0 unspecified atom stereocenters. The van der Waals surface area contributed by atoms with E-state index in [9.17, 15) is 14.4 Å². The van der Waals surface area contributed by atoms with Crippen molar-refractivity contribution in [1.29, 1.82) is 0 Å². The molecule has 2 saturated carbocycles. The molecule has 0 spiro atoms. The second-order valence-electron chi connectivity index (χ2n) is 16.8. The van der Waals surface area contributed by atoms with Gasteiger partial charge in [-0.15, -0.1) is 0 Å². The largest absolute Gasteiger partial charge is 0.300 e. The summed E-state index contributed by atoms with van der Waals surface area (Å²) in [6.45, 7) is 4.40. The van der Waals surface area contributed by atoms with Crippen molar-refractivity contribution in [2.45, 2.75) is 205 Å². The molecule has 4 rings (SSSR count). The molecule has 0 radical (unpaired) electrons. The smallest absolute Gasteiger partial charge is 0.135 e. The Morgan fingerprint density at radius 1 is 0.423 bits per heavy atom. The maximum Gasteiger partial charge on any atom is 0.135 e. The molecule has 0 saturated heterocycles. The lowest BCUT2D eigenvalue weighted by Gasteiger charge is -2.28. The Morgan fingerprint density at radius 2 is 0.769 bits per heavy atom. The van der Waals surface area contributed by atoms with Crippen molar-refractivity contribution in [2.24, 2.45) is 11.8 Å². The van der Waals surface area contributed by atoms with E-state index in [0.29, 0.717) is 41.0 Å². The molecule has 3 heteroatoms. The lowest BCUT2D eigenvalue weighted by atomic mass is 9.76. The van der Waals surface area contributed by atoms with Gasteiger partial charge in [0.15, 0.2) is 0 Å². The van der Waals surface area contributed by atoms with Gasteiger partial charge >= 0.3 is 0 Å². The van der Waals surface area contributed by atoms with Gasteiger partial charge in [-0.2, -0.15) is 0 Å². The van der Waals surface area contributed by atoms with E-state index in [1.165, 1.54) is 73.6 Å². The van der Waals surface area contributed by atoms with E-state index in [1.54, 1.807) is 0 Å². The molecule has 2 fully saturated rings. The Bertz CT molecular complexity index is 1180. The summed E-state index contributed by atoms with van der Waals surface area (Å²) in [7, 11) is 0. The SMILES string of the molecule is CCCCCC(=O)C1CCC(c2ccc(CCCCCCC(=O)CCCCCCc3ccc([C@H]4CC[C@H](C(=O)CCCCC)CC4)cc3)cc2)CC1. The molecule has 0 atom stereocenters. The van der Waals surface area contributed by atoms with Crippen LogP contribution in [0, 0.1) is 11.8 Å². The molecular formula is C49H74O3. The normalized spacial score (nSPS) is 20.5. The third kappa shape index (κ3) is 15.4. The minimum absolute atomic E-state index is 0.314. The molecule has 52 heavy (non-hydrogen) atoms. The van der Waals surface area contributed by atoms with Crippen LogP contribution in [0.3, 0.4) is 0 Å². The zero-order valence-corrected chi connectivity index (χ0v) is 33.5. The molecule has 2 aromatic rings. The average Bonchev–Trinajstić information content (AvgIpc) is 3.18. The zero-order valence-electron chi connectivity index (χ0n) is 33.5. The summed E-state index contributed by atoms with van der Waals surface area (Å²) in [6.07, 6.45) is 30.3. The molecule has 2 aromatic carbocycles. The molecule has 0 bridgehead atoms. The van der Waals surface area contributed by atoms with Crippen LogP contribution in [0.1, 0.15) is 215 Å². The van der Waals surface area contributed by atoms with Gasteiger partial charge in [0.2, 0.25) is 0 Å². The van der Waals surface area contributed by atoms with E-state index in [0.717, 1.165) is 128 Å². The molecule has 3 nitrogen and oxygen atoms in total. The summed E-state index contributed by atoms with van der Waals surface area (Å²) in [5.41, 5.74) is 5.77. The summed E-state index contributed by atoms with van der Waals surface area (Å²) >= 11 is 0. The maximum atomic E-state index is 12.5. The summed E-state index contributed by atoms with van der Waals surface area (Å²) in [5, 5.41) is 0. The first-order valence-electron chi connectivity index (χ1n) is 22.2. The van der Waals surface area contributed by atoms with Gasteiger partial charge in [-0.1, -0.05) is 114 Å². The van der Waals surface area contributed by atoms with Crippen LogP contribution in [-0.4, -0.2) is 17.3 Å². The van der Waals surface area contributed by atoms with E-state index >= 15 is 0 Å². The zero-order chi connectivity index (χ0) is 36.8. The van der Waals surface area contributed by atoms with Crippen LogP contribution in [0.25, 0.3) is 0 Å². The van der Waals surface area contributed by atoms with E-state index in [2.05, 4.69) is 62.4 Å². The number of carbonyl (C=O) groups is 3. The molecule has 0 aromatic heterocycles. The van der Waals surface area contributed by atoms with E-state index < -0.39 is 0 Å². The fourth-order valence-corrected chi connectivity index (χ4v) is 9.05. The number of benzene rings is 2. The number of hydrogen-bond donors (Lipinski definition) is 0. The Morgan fingerprint density at radius 3 is 1.13 bits per heavy atom. The quantitative estimate of drug-likeness (QED) is 0.0913. The van der Waals surface area contributed by atoms with E-state index in [1.807, 2.05) is 0 Å². The van der Waals surface area contributed by atoms with Gasteiger partial charge in [0.05, 0.1) is 0 Å². The first-order valence-corrected chi connectivity index (χ1v) is 22.2. The van der Waals surface area contributed by atoms with Crippen molar-refractivity contribution in [3.63, 3.8) is 0 Å². The van der Waals surface area contributed by atoms with Gasteiger partial charge in [0.1, 0.15) is 17.3 Å². The topological polar surface area (TPSA) is 51.2 Å². The van der Waals surface area contributed by atoms with Gasteiger partial charge in [-0.05, 0) is 137 Å². The van der Waals surface area contributed by atoms with Crippen LogP contribution in [0.4, 0.5) is 0 Å². The highest BCUT2D eigenvalue weighted by Crippen LogP contribution is 2.38. The van der Waals surface area contributed by atoms with Crippen LogP contribution >= 0.6 is 0 Å². The molecule has 0 aliphatic heterocycles. The van der Waals surface area contributed by atoms with Crippen molar-refractivity contribution in [2.75, 3.05) is 0 Å². The number of carbonyl (C=O) groups excluding carboxylic acids is 3. The standard InChI is InChI=1S/C49H74O3/c1-3-5-11-21-48(51)45-35-31-43(32-36-45)41-27-23-39(24-28-41)17-13-7-9-15-19-47(50)20-16-10-8-14-18-40-25-29-42(30-26-40)44-33-37-46(38-34-44)49(52)22-12-6-4-2/h23-30,43-46H,3-22,31-38H2,1-2H3/t43-,44?,45-,46?. The predicted molar refractivity (Wildman–Crippen MR) is 219 cm³/mol. The Hall–Kier alpha value is -2.55. The second-order valence-corrected chi connectivity index (χ2v) is 16.8. The van der Waals surface area contributed by atoms with Gasteiger partial charge in [-0.25, -0.2) is 0 Å². The van der Waals surface area contributed by atoms with E-state index in [-0.39, 0.29) is 0 Å². The number of Topliss-reactive ketones (excluding diaryl/α,β-unsaturated/α-hetero) is 3. The Kier molecular flexibility index (Phi) is 20.0. The summed E-state index contributed by atoms with van der Waals surface area (Å²) in [6, 6.07) is 18.7. The highest BCUT2D eigenvalue weighted by Gasteiger charge is 2.27. The third-order valence-electron chi connectivity index (χ3n) is 12.7. The van der Waals surface area contributed by atoms with Crippen molar-refractivity contribution >= 4 is 17.3 Å². The molecule has 2 aliphatic rings. The van der Waals surface area contributed by atoms with Crippen molar-refractivity contribution in [3.8, 4) is 0 Å². The molecule has 0 N–H and O–H groups in total. The highest BCUT2D eigenvalue weighted by atomic mass is 16.1. The lowest BCUT2D eigenvalue weighted by Crippen LogP contribution is -2.21. The van der Waals surface area contributed by atoms with Crippen LogP contribution in [0.2, 0.25) is 0 Å². The minimum atomic E-state index is 0.314. The number of aryl methyl sites for hydroxylation is 2. The average molecular weight is 711 g/mol. The summed E-state index contributed by atoms with van der Waals surface area (Å²) < 4.78 is 0. The molecule has 288 valence electrons. The van der Waals surface area contributed by atoms with Gasteiger partial charge in [0.25, 0.3) is 0 Å². The Balaban J connectivity index is 0.961. The Labute approximate surface area is 318 Å². The first-order chi connectivity index (χ1) is 25.5. The molecule has 2 aliphatic carbocycles. The summed E-state index contributed by atoms with van der Waals surface area (Å²) in [4.78, 5) is 37.5. The minimum Gasteiger partial charge on any atom is -0.300 e. The van der Waals surface area contributed by atoms with Gasteiger partial charge in [-0.3, -0.25) is 14.4 Å². The number of unbranched alkanes of at least 4 members (excludes halogenated alkanes) is 10. The van der Waals surface area contributed by atoms with Crippen LogP contribution in [0.15, 0.2) is 48.5 Å². The van der Waals surface area contributed by atoms with Gasteiger partial charge in [0, 0.05) is 37.5 Å². The monoisotopic (exact) mass is 711 g/mol. The third-order valence-corrected chi connectivity index (χ3v) is 12.7. The molecule has 0 amide bonds. The van der Waals surface area contributed by atoms with Crippen molar-refractivity contribution in [3.05, 3.63) is 70.8 Å². The van der Waals surface area contributed by atoms with Crippen molar-refractivity contribution in [1.82, 2.24) is 0 Å². The number of rotatable bonds is 26. The van der Waals surface area contributed by atoms with Crippen LogP contribution in [-0.2, 0) is 27.2 Å². The molecule has 0 heterocycles. The predicted octanol–water partition coefficient (Wildman–Crippen LogP) is 13.8. The first kappa shape index (κ1) is 42.2. The van der Waals surface area contributed by atoms with Crippen molar-refractivity contribution < 1.29 is 14.4 Å². The summed E-state index contributed by atoms with van der Waals surface area (Å²) in [5.74, 6) is 3.36. The van der Waals surface area contributed by atoms with E-state index in [4.69, 9.17) is 0 Å². The van der Waals surface area contributed by atoms with Gasteiger partial charge < -0.3 is 0 Å². The fourth-order valence-electron chi connectivity index (χ4n) is 9.05. The van der Waals surface area contributed by atoms with Crippen LogP contribution < -0.4 is 0 Å². The molecular weight excluding hydrogens is 637 g/mol. The highest BCUT2D eigenvalue weighted by molar-refractivity contribution is 5.81. The van der Waals surface area contributed by atoms with Crippen LogP contribution in [0.5, 0.6) is 0 Å². The fraction of sp³-hybridized carbons (Fsp3) is 0.694. The maximum absolute atomic E-state index is 12.5. The lowest BCUT2D eigenvalue weighted by molar-refractivity contribution is -0.124. The second kappa shape index (κ2) is 24.7. The number of ketones is 3. The number of hydrogen-bond acceptors (Lipinski definition) is 3.